The van der Waals surface area contributed by atoms with Gasteiger partial charge in [0.05, 0.1) is 5.39 Å². The SMILES string of the molecule is CC(C(=O)O)N(C)C(=O)c1cc(=O)c2ccccc2o1. The average Bonchev–Trinajstić information content (AvgIpc) is 2.44. The summed E-state index contributed by atoms with van der Waals surface area (Å²) in [6, 6.07) is 6.62. The minimum Gasteiger partial charge on any atom is -0.480 e. The number of aliphatic carboxylic acids is 1. The summed E-state index contributed by atoms with van der Waals surface area (Å²) >= 11 is 0. The molecule has 104 valence electrons. The molecule has 0 aliphatic heterocycles. The molecule has 0 fully saturated rings. The summed E-state index contributed by atoms with van der Waals surface area (Å²) in [7, 11) is 1.34. The molecule has 0 radical (unpaired) electrons. The molecule has 0 aliphatic carbocycles. The zero-order valence-corrected chi connectivity index (χ0v) is 11.0. The number of amides is 1. The van der Waals surface area contributed by atoms with E-state index < -0.39 is 17.9 Å². The van der Waals surface area contributed by atoms with Gasteiger partial charge in [-0.3, -0.25) is 9.59 Å². The van der Waals surface area contributed by atoms with Crippen LogP contribution in [0.1, 0.15) is 17.5 Å². The highest BCUT2D eigenvalue weighted by molar-refractivity contribution is 5.95. The Labute approximate surface area is 114 Å². The van der Waals surface area contributed by atoms with Crippen molar-refractivity contribution in [1.29, 1.82) is 0 Å². The first kappa shape index (κ1) is 13.8. The predicted octanol–water partition coefficient (Wildman–Crippen LogP) is 1.34. The van der Waals surface area contributed by atoms with Crippen LogP contribution in [0.5, 0.6) is 0 Å². The fourth-order valence-electron chi connectivity index (χ4n) is 1.72. The number of fused-ring (bicyclic) bond motifs is 1. The van der Waals surface area contributed by atoms with E-state index in [0.717, 1.165) is 11.0 Å². The Hall–Kier alpha value is -2.63. The summed E-state index contributed by atoms with van der Waals surface area (Å²) in [6.07, 6.45) is 0. The van der Waals surface area contributed by atoms with E-state index in [-0.39, 0.29) is 11.2 Å². The van der Waals surface area contributed by atoms with Gasteiger partial charge in [0.15, 0.2) is 11.2 Å². The van der Waals surface area contributed by atoms with Gasteiger partial charge in [0.25, 0.3) is 5.91 Å². The van der Waals surface area contributed by atoms with Crippen molar-refractivity contribution < 1.29 is 19.1 Å². The van der Waals surface area contributed by atoms with Gasteiger partial charge >= 0.3 is 5.97 Å². The zero-order chi connectivity index (χ0) is 14.9. The highest BCUT2D eigenvalue weighted by Crippen LogP contribution is 2.13. The number of benzene rings is 1. The van der Waals surface area contributed by atoms with Gasteiger partial charge in [0.1, 0.15) is 11.6 Å². The monoisotopic (exact) mass is 275 g/mol. The Balaban J connectivity index is 2.45. The number of hydrogen-bond acceptors (Lipinski definition) is 4. The molecule has 1 heterocycles. The summed E-state index contributed by atoms with van der Waals surface area (Å²) in [4.78, 5) is 35.9. The minimum atomic E-state index is -1.14. The van der Waals surface area contributed by atoms with Gasteiger partial charge in [-0.25, -0.2) is 4.79 Å². The van der Waals surface area contributed by atoms with E-state index in [1.165, 1.54) is 14.0 Å². The fourth-order valence-corrected chi connectivity index (χ4v) is 1.72. The molecule has 20 heavy (non-hydrogen) atoms. The second kappa shape index (κ2) is 5.16. The molecule has 6 nitrogen and oxygen atoms in total. The van der Waals surface area contributed by atoms with Crippen LogP contribution < -0.4 is 5.43 Å². The Bertz CT molecular complexity index is 734. The molecule has 0 spiro atoms. The Morgan fingerprint density at radius 2 is 1.95 bits per heavy atom. The summed E-state index contributed by atoms with van der Waals surface area (Å²) in [5, 5.41) is 9.26. The molecule has 2 aromatic rings. The lowest BCUT2D eigenvalue weighted by Crippen LogP contribution is -2.40. The van der Waals surface area contributed by atoms with Crippen molar-refractivity contribution in [2.24, 2.45) is 0 Å². The van der Waals surface area contributed by atoms with E-state index in [1.54, 1.807) is 24.3 Å². The van der Waals surface area contributed by atoms with Crippen molar-refractivity contribution in [2.45, 2.75) is 13.0 Å². The lowest BCUT2D eigenvalue weighted by atomic mass is 10.2. The number of nitrogens with zero attached hydrogens (tertiary/aromatic N) is 1. The van der Waals surface area contributed by atoms with Gasteiger partial charge < -0.3 is 14.4 Å². The van der Waals surface area contributed by atoms with Crippen molar-refractivity contribution in [3.8, 4) is 0 Å². The van der Waals surface area contributed by atoms with Crippen molar-refractivity contribution in [1.82, 2.24) is 4.90 Å². The molecule has 0 bridgehead atoms. The summed E-state index contributed by atoms with van der Waals surface area (Å²) in [5.41, 5.74) is -0.0497. The van der Waals surface area contributed by atoms with Crippen LogP contribution in [0.4, 0.5) is 0 Å². The smallest absolute Gasteiger partial charge is 0.326 e. The van der Waals surface area contributed by atoms with Gasteiger partial charge in [-0.15, -0.1) is 0 Å². The molecule has 1 N–H and O–H groups in total. The first-order valence-electron chi connectivity index (χ1n) is 5.94. The predicted molar refractivity (Wildman–Crippen MR) is 71.7 cm³/mol. The van der Waals surface area contributed by atoms with Crippen molar-refractivity contribution in [3.05, 3.63) is 46.3 Å². The second-order valence-electron chi connectivity index (χ2n) is 4.40. The number of para-hydroxylation sites is 1. The van der Waals surface area contributed by atoms with Crippen LogP contribution in [-0.2, 0) is 4.79 Å². The molecule has 0 saturated heterocycles. The maximum absolute atomic E-state index is 12.1. The minimum absolute atomic E-state index is 0.177. The number of hydrogen-bond donors (Lipinski definition) is 1. The third-order valence-electron chi connectivity index (χ3n) is 3.10. The van der Waals surface area contributed by atoms with Crippen LogP contribution in [0, 0.1) is 0 Å². The standard InChI is InChI=1S/C14H13NO5/c1-8(14(18)19)15(2)13(17)12-7-10(16)9-5-3-4-6-11(9)20-12/h3-8H,1-2H3,(H,18,19). The van der Waals surface area contributed by atoms with Crippen LogP contribution in [0.25, 0.3) is 11.0 Å². The summed E-state index contributed by atoms with van der Waals surface area (Å²) in [5.74, 6) is -1.96. The van der Waals surface area contributed by atoms with E-state index >= 15 is 0 Å². The van der Waals surface area contributed by atoms with Gasteiger partial charge in [-0.05, 0) is 19.1 Å². The molecule has 1 aromatic carbocycles. The quantitative estimate of drug-likeness (QED) is 0.913. The molecule has 1 aromatic heterocycles. The fraction of sp³-hybridized carbons (Fsp3) is 0.214. The van der Waals surface area contributed by atoms with Crippen LogP contribution in [0.15, 0.2) is 39.5 Å². The van der Waals surface area contributed by atoms with Crippen molar-refractivity contribution in [3.63, 3.8) is 0 Å². The lowest BCUT2D eigenvalue weighted by molar-refractivity contribution is -0.141. The van der Waals surface area contributed by atoms with Crippen LogP contribution in [0.2, 0.25) is 0 Å². The van der Waals surface area contributed by atoms with Gasteiger partial charge in [0.2, 0.25) is 0 Å². The van der Waals surface area contributed by atoms with Crippen LogP contribution in [0.3, 0.4) is 0 Å². The zero-order valence-electron chi connectivity index (χ0n) is 11.0. The number of carboxylic acid groups (broad SMARTS) is 1. The largest absolute Gasteiger partial charge is 0.480 e. The maximum atomic E-state index is 12.1. The van der Waals surface area contributed by atoms with E-state index in [1.807, 2.05) is 0 Å². The van der Waals surface area contributed by atoms with Gasteiger partial charge in [-0.2, -0.15) is 0 Å². The summed E-state index contributed by atoms with van der Waals surface area (Å²) < 4.78 is 5.37. The molecule has 1 amide bonds. The van der Waals surface area contributed by atoms with Gasteiger partial charge in [0, 0.05) is 13.1 Å². The van der Waals surface area contributed by atoms with Gasteiger partial charge in [-0.1, -0.05) is 12.1 Å². The topological polar surface area (TPSA) is 87.8 Å². The van der Waals surface area contributed by atoms with Crippen molar-refractivity contribution >= 4 is 22.8 Å². The van der Waals surface area contributed by atoms with E-state index in [9.17, 15) is 14.4 Å². The molecule has 2 rings (SSSR count). The van der Waals surface area contributed by atoms with E-state index in [2.05, 4.69) is 0 Å². The number of rotatable bonds is 3. The molecule has 0 aliphatic rings. The maximum Gasteiger partial charge on any atom is 0.326 e. The summed E-state index contributed by atoms with van der Waals surface area (Å²) in [6.45, 7) is 1.37. The highest BCUT2D eigenvalue weighted by Gasteiger charge is 2.25. The number of carbonyl (C=O) groups is 2. The molecular weight excluding hydrogens is 262 g/mol. The van der Waals surface area contributed by atoms with E-state index in [4.69, 9.17) is 9.52 Å². The van der Waals surface area contributed by atoms with Crippen molar-refractivity contribution in [2.75, 3.05) is 7.05 Å². The third kappa shape index (κ3) is 2.40. The molecule has 1 unspecified atom stereocenters. The molecule has 6 heteroatoms. The molecular formula is C14H13NO5. The van der Waals surface area contributed by atoms with Crippen LogP contribution >= 0.6 is 0 Å². The Morgan fingerprint density at radius 3 is 2.60 bits per heavy atom. The average molecular weight is 275 g/mol. The number of carboxylic acids is 1. The number of carbonyl (C=O) groups excluding carboxylic acids is 1. The van der Waals surface area contributed by atoms with Crippen LogP contribution in [-0.4, -0.2) is 35.0 Å². The van der Waals surface area contributed by atoms with E-state index in [0.29, 0.717) is 11.0 Å². The Morgan fingerprint density at radius 1 is 1.30 bits per heavy atom. The Kier molecular flexibility index (Phi) is 3.56. The third-order valence-corrected chi connectivity index (χ3v) is 3.10. The first-order valence-corrected chi connectivity index (χ1v) is 5.94. The molecule has 0 saturated carbocycles. The number of likely N-dealkylation sites (N-methyl/N-ethyl adjacent to an activating group) is 1. The highest BCUT2D eigenvalue weighted by atomic mass is 16.4. The molecule has 1 atom stereocenters. The second-order valence-corrected chi connectivity index (χ2v) is 4.40. The first-order chi connectivity index (χ1) is 9.41. The normalized spacial score (nSPS) is 12.1. The lowest BCUT2D eigenvalue weighted by Gasteiger charge is -2.20.